The first kappa shape index (κ1) is 6.95. The van der Waals surface area contributed by atoms with Gasteiger partial charge in [-0.1, -0.05) is 0 Å². The number of hydrogen-bond donors (Lipinski definition) is 0. The van der Waals surface area contributed by atoms with E-state index < -0.39 is 0 Å². The molecule has 0 aromatic rings. The zero-order valence-electron chi connectivity index (χ0n) is 7.13. The van der Waals surface area contributed by atoms with Crippen LogP contribution in [-0.4, -0.2) is 28.7 Å². The Bertz CT molecular complexity index is 207. The van der Waals surface area contributed by atoms with Gasteiger partial charge in [0.15, 0.2) is 0 Å². The molecule has 1 aliphatic heterocycles. The molecule has 11 heavy (non-hydrogen) atoms. The minimum Gasteiger partial charge on any atom is -0.444 e. The van der Waals surface area contributed by atoms with Crippen molar-refractivity contribution in [2.45, 2.75) is 44.9 Å². The SMILES string of the molecule is CC(C)(C)N1C(=O)OC2CC21. The van der Waals surface area contributed by atoms with E-state index in [9.17, 15) is 4.79 Å². The van der Waals surface area contributed by atoms with E-state index in [1.54, 1.807) is 0 Å². The molecular weight excluding hydrogens is 142 g/mol. The van der Waals surface area contributed by atoms with Gasteiger partial charge in [0.05, 0.1) is 6.04 Å². The van der Waals surface area contributed by atoms with Crippen LogP contribution in [0.1, 0.15) is 27.2 Å². The smallest absolute Gasteiger partial charge is 0.410 e. The molecular formula is C8H13NO2. The summed E-state index contributed by atoms with van der Waals surface area (Å²) in [5.41, 5.74) is -0.0764. The van der Waals surface area contributed by atoms with Crippen LogP contribution in [0, 0.1) is 0 Å². The Kier molecular flexibility index (Phi) is 1.08. The maximum Gasteiger partial charge on any atom is 0.410 e. The van der Waals surface area contributed by atoms with Crippen LogP contribution < -0.4 is 0 Å². The molecule has 0 N–H and O–H groups in total. The van der Waals surface area contributed by atoms with Gasteiger partial charge in [0.2, 0.25) is 0 Å². The summed E-state index contributed by atoms with van der Waals surface area (Å²) in [5, 5.41) is 0. The van der Waals surface area contributed by atoms with Crippen LogP contribution in [0.3, 0.4) is 0 Å². The second kappa shape index (κ2) is 1.71. The largest absolute Gasteiger partial charge is 0.444 e. The molecule has 0 aromatic heterocycles. The molecule has 3 nitrogen and oxygen atoms in total. The molecule has 0 bridgehead atoms. The first-order valence-electron chi connectivity index (χ1n) is 4.00. The Morgan fingerprint density at radius 2 is 2.18 bits per heavy atom. The first-order chi connectivity index (χ1) is 5.00. The summed E-state index contributed by atoms with van der Waals surface area (Å²) in [6.45, 7) is 6.11. The van der Waals surface area contributed by atoms with Gasteiger partial charge in [0.1, 0.15) is 6.10 Å². The second-order valence-corrected chi connectivity index (χ2v) is 4.27. The van der Waals surface area contributed by atoms with E-state index >= 15 is 0 Å². The molecule has 3 heteroatoms. The lowest BCUT2D eigenvalue weighted by atomic mass is 10.1. The quantitative estimate of drug-likeness (QED) is 0.529. The maximum atomic E-state index is 11.2. The molecule has 2 rings (SSSR count). The molecule has 0 spiro atoms. The number of rotatable bonds is 0. The molecule has 2 fully saturated rings. The van der Waals surface area contributed by atoms with Crippen molar-refractivity contribution in [1.82, 2.24) is 4.90 Å². The van der Waals surface area contributed by atoms with Crippen molar-refractivity contribution in [2.75, 3.05) is 0 Å². The van der Waals surface area contributed by atoms with Crippen LogP contribution in [0.4, 0.5) is 4.79 Å². The number of carbonyl (C=O) groups excluding carboxylic acids is 1. The summed E-state index contributed by atoms with van der Waals surface area (Å²) in [7, 11) is 0. The number of nitrogens with zero attached hydrogens (tertiary/aromatic N) is 1. The van der Waals surface area contributed by atoms with Gasteiger partial charge in [-0.05, 0) is 20.8 Å². The summed E-state index contributed by atoms with van der Waals surface area (Å²) in [6, 6.07) is 0.377. The standard InChI is InChI=1S/C8H13NO2/c1-8(2,3)9-5-4-6(5)11-7(9)10/h5-6H,4H2,1-3H3. The van der Waals surface area contributed by atoms with Gasteiger partial charge in [-0.3, -0.25) is 4.90 Å². The highest BCUT2D eigenvalue weighted by Gasteiger charge is 2.57. The number of carbonyl (C=O) groups is 1. The van der Waals surface area contributed by atoms with E-state index in [0.717, 1.165) is 6.42 Å². The highest BCUT2D eigenvalue weighted by molar-refractivity contribution is 5.73. The molecule has 2 unspecified atom stereocenters. The number of ether oxygens (including phenoxy) is 1. The molecule has 0 radical (unpaired) electrons. The fourth-order valence-corrected chi connectivity index (χ4v) is 1.65. The molecule has 1 heterocycles. The van der Waals surface area contributed by atoms with Gasteiger partial charge in [-0.2, -0.15) is 0 Å². The summed E-state index contributed by atoms with van der Waals surface area (Å²) in [4.78, 5) is 13.0. The monoisotopic (exact) mass is 155 g/mol. The number of amides is 1. The summed E-state index contributed by atoms with van der Waals surface area (Å²) in [6.07, 6.45) is 1.10. The normalized spacial score (nSPS) is 35.2. The molecule has 2 aliphatic rings. The maximum absolute atomic E-state index is 11.2. The zero-order valence-corrected chi connectivity index (χ0v) is 7.13. The second-order valence-electron chi connectivity index (χ2n) is 4.27. The Morgan fingerprint density at radius 1 is 1.55 bits per heavy atom. The van der Waals surface area contributed by atoms with Crippen LogP contribution >= 0.6 is 0 Å². The summed E-state index contributed by atoms with van der Waals surface area (Å²) >= 11 is 0. The van der Waals surface area contributed by atoms with E-state index in [0.29, 0.717) is 6.04 Å². The predicted molar refractivity (Wildman–Crippen MR) is 40.3 cm³/mol. The van der Waals surface area contributed by atoms with E-state index in [2.05, 4.69) is 0 Å². The van der Waals surface area contributed by atoms with Crippen LogP contribution in [-0.2, 0) is 4.74 Å². The van der Waals surface area contributed by atoms with Gasteiger partial charge >= 0.3 is 6.09 Å². The minimum absolute atomic E-state index is 0.0764. The van der Waals surface area contributed by atoms with Crippen LogP contribution in [0.15, 0.2) is 0 Å². The molecule has 62 valence electrons. The topological polar surface area (TPSA) is 29.5 Å². The average molecular weight is 155 g/mol. The van der Waals surface area contributed by atoms with Crippen molar-refractivity contribution in [3.8, 4) is 0 Å². The minimum atomic E-state index is -0.140. The lowest BCUT2D eigenvalue weighted by Gasteiger charge is -2.30. The van der Waals surface area contributed by atoms with Crippen molar-refractivity contribution in [2.24, 2.45) is 0 Å². The molecule has 1 amide bonds. The fraction of sp³-hybridized carbons (Fsp3) is 0.875. The number of hydrogen-bond acceptors (Lipinski definition) is 2. The Balaban J connectivity index is 2.19. The van der Waals surface area contributed by atoms with Crippen molar-refractivity contribution < 1.29 is 9.53 Å². The molecule has 1 aliphatic carbocycles. The van der Waals surface area contributed by atoms with Crippen molar-refractivity contribution >= 4 is 6.09 Å². The van der Waals surface area contributed by atoms with E-state index in [1.807, 2.05) is 25.7 Å². The molecule has 0 aromatic carbocycles. The third-order valence-corrected chi connectivity index (χ3v) is 2.20. The van der Waals surface area contributed by atoms with E-state index in [4.69, 9.17) is 4.74 Å². The van der Waals surface area contributed by atoms with Crippen molar-refractivity contribution in [3.05, 3.63) is 0 Å². The third kappa shape index (κ3) is 0.905. The highest BCUT2D eigenvalue weighted by Crippen LogP contribution is 2.42. The predicted octanol–water partition coefficient (Wildman–Crippen LogP) is 1.38. The fourth-order valence-electron chi connectivity index (χ4n) is 1.65. The van der Waals surface area contributed by atoms with Crippen molar-refractivity contribution in [3.63, 3.8) is 0 Å². The average Bonchev–Trinajstić information content (AvgIpc) is 2.38. The van der Waals surface area contributed by atoms with Crippen LogP contribution in [0.5, 0.6) is 0 Å². The van der Waals surface area contributed by atoms with Crippen LogP contribution in [0.25, 0.3) is 0 Å². The molecule has 2 atom stereocenters. The van der Waals surface area contributed by atoms with Gasteiger partial charge in [-0.15, -0.1) is 0 Å². The van der Waals surface area contributed by atoms with E-state index in [-0.39, 0.29) is 17.7 Å². The molecule has 1 saturated carbocycles. The Labute approximate surface area is 66.3 Å². The Hall–Kier alpha value is -0.730. The van der Waals surface area contributed by atoms with Gasteiger partial charge in [0, 0.05) is 12.0 Å². The first-order valence-corrected chi connectivity index (χ1v) is 4.00. The zero-order chi connectivity index (χ0) is 8.22. The Morgan fingerprint density at radius 3 is 2.45 bits per heavy atom. The summed E-state index contributed by atoms with van der Waals surface area (Å²) in [5.74, 6) is 0. The molecule has 1 saturated heterocycles. The van der Waals surface area contributed by atoms with E-state index in [1.165, 1.54) is 0 Å². The summed E-state index contributed by atoms with van der Waals surface area (Å²) < 4.78 is 5.06. The third-order valence-electron chi connectivity index (χ3n) is 2.20. The lowest BCUT2D eigenvalue weighted by Crippen LogP contribution is -2.44. The number of fused-ring (bicyclic) bond motifs is 1. The lowest BCUT2D eigenvalue weighted by molar-refractivity contribution is 0.106. The van der Waals surface area contributed by atoms with Crippen molar-refractivity contribution in [1.29, 1.82) is 0 Å². The van der Waals surface area contributed by atoms with Gasteiger partial charge < -0.3 is 4.74 Å². The van der Waals surface area contributed by atoms with Gasteiger partial charge in [0.25, 0.3) is 0 Å². The van der Waals surface area contributed by atoms with Gasteiger partial charge in [-0.25, -0.2) is 4.79 Å². The van der Waals surface area contributed by atoms with Crippen LogP contribution in [0.2, 0.25) is 0 Å². The highest BCUT2D eigenvalue weighted by atomic mass is 16.6.